The van der Waals surface area contributed by atoms with Gasteiger partial charge in [-0.3, -0.25) is 9.48 Å². The third-order valence-electron chi connectivity index (χ3n) is 6.18. The van der Waals surface area contributed by atoms with Crippen LogP contribution in [0, 0.1) is 18.7 Å². The number of benzene rings is 1. The summed E-state index contributed by atoms with van der Waals surface area (Å²) >= 11 is 0. The first-order valence-corrected chi connectivity index (χ1v) is 10.8. The Morgan fingerprint density at radius 3 is 2.58 bits per heavy atom. The highest BCUT2D eigenvalue weighted by molar-refractivity contribution is 6.04. The minimum Gasteiger partial charge on any atom is -0.386 e. The van der Waals surface area contributed by atoms with E-state index in [-0.39, 0.29) is 11.4 Å². The van der Waals surface area contributed by atoms with Crippen molar-refractivity contribution in [1.82, 2.24) is 14.8 Å². The van der Waals surface area contributed by atoms with Gasteiger partial charge >= 0.3 is 0 Å². The second-order valence-corrected chi connectivity index (χ2v) is 9.26. The Labute approximate surface area is 181 Å². The molecule has 0 saturated heterocycles. The summed E-state index contributed by atoms with van der Waals surface area (Å²) in [4.78, 5) is 16.8. The Bertz CT molecular complexity index is 1120. The summed E-state index contributed by atoms with van der Waals surface area (Å²) in [6.45, 7) is 7.14. The lowest BCUT2D eigenvalue weighted by Crippen LogP contribution is -2.21. The number of nitrogens with zero attached hydrogens (tertiary/aromatic N) is 3. The van der Waals surface area contributed by atoms with Gasteiger partial charge in [0.15, 0.2) is 0 Å². The van der Waals surface area contributed by atoms with Crippen LogP contribution < -0.4 is 5.32 Å². The Balaban J connectivity index is 1.69. The molecule has 1 saturated carbocycles. The number of rotatable bonds is 4. The minimum absolute atomic E-state index is 0.118. The van der Waals surface area contributed by atoms with Gasteiger partial charge in [0.05, 0.1) is 22.9 Å². The number of nitrogens with one attached hydrogen (secondary N) is 1. The molecule has 0 atom stereocenters. The van der Waals surface area contributed by atoms with E-state index in [2.05, 4.69) is 17.2 Å². The Hall–Kier alpha value is -2.80. The van der Waals surface area contributed by atoms with Crippen LogP contribution in [0.25, 0.3) is 10.9 Å². The average molecular weight is 425 g/mol. The summed E-state index contributed by atoms with van der Waals surface area (Å²) in [6.07, 6.45) is 6.61. The first kappa shape index (κ1) is 21.4. The fraction of sp³-hybridized carbons (Fsp3) is 0.458. The van der Waals surface area contributed by atoms with Gasteiger partial charge in [0, 0.05) is 22.8 Å². The predicted octanol–water partition coefficient (Wildman–Crippen LogP) is 5.11. The van der Waals surface area contributed by atoms with E-state index < -0.39 is 17.3 Å². The molecule has 1 amide bonds. The maximum Gasteiger partial charge on any atom is 0.274 e. The number of halogens is 1. The third-order valence-corrected chi connectivity index (χ3v) is 6.18. The number of fused-ring (bicyclic) bond motifs is 1. The summed E-state index contributed by atoms with van der Waals surface area (Å²) in [5.41, 5.74) is 0.930. The average Bonchev–Trinajstić information content (AvgIpc) is 3.12. The molecule has 0 aliphatic heterocycles. The number of hydrogen-bond donors (Lipinski definition) is 2. The number of pyridine rings is 1. The number of hydrogen-bond acceptors (Lipinski definition) is 4. The van der Waals surface area contributed by atoms with Crippen molar-refractivity contribution in [3.05, 3.63) is 53.2 Å². The molecule has 0 bridgehead atoms. The van der Waals surface area contributed by atoms with Gasteiger partial charge in [-0.2, -0.15) is 5.10 Å². The van der Waals surface area contributed by atoms with Crippen LogP contribution in [0.3, 0.4) is 0 Å². The standard InChI is InChI=1S/C24H29FN4O2/c1-14-5-7-17(8-6-14)29-13-16-11-22(18(24(3,4)31)12-21(16)28-29)27-23(30)20-10-9-19(25)15(2)26-20/h9-14,17,31H,5-8H2,1-4H3,(H,27,30)/t14-,17-. The van der Waals surface area contributed by atoms with Crippen molar-refractivity contribution in [2.45, 2.75) is 65.0 Å². The molecular formula is C24H29FN4O2. The minimum atomic E-state index is -1.19. The zero-order chi connectivity index (χ0) is 22.3. The smallest absolute Gasteiger partial charge is 0.274 e. The summed E-state index contributed by atoms with van der Waals surface area (Å²) in [5, 5.41) is 19.2. The molecular weight excluding hydrogens is 395 g/mol. The fourth-order valence-electron chi connectivity index (χ4n) is 4.25. The number of aromatic nitrogens is 3. The third kappa shape index (κ3) is 4.46. The second kappa shape index (κ2) is 8.04. The summed E-state index contributed by atoms with van der Waals surface area (Å²) in [5.74, 6) is -0.158. The van der Waals surface area contributed by atoms with Gasteiger partial charge in [-0.05, 0) is 76.6 Å². The number of carbonyl (C=O) groups excluding carboxylic acids is 1. The highest BCUT2D eigenvalue weighted by Crippen LogP contribution is 2.35. The number of carbonyl (C=O) groups is 1. The molecule has 0 unspecified atom stereocenters. The van der Waals surface area contributed by atoms with Crippen molar-refractivity contribution >= 4 is 22.5 Å². The molecule has 1 aromatic carbocycles. The van der Waals surface area contributed by atoms with Crippen LogP contribution in [-0.4, -0.2) is 25.8 Å². The Morgan fingerprint density at radius 2 is 1.94 bits per heavy atom. The van der Waals surface area contributed by atoms with E-state index in [4.69, 9.17) is 5.10 Å². The normalized spacial score (nSPS) is 19.5. The molecule has 164 valence electrons. The number of aryl methyl sites for hydroxylation is 1. The fourth-order valence-corrected chi connectivity index (χ4v) is 4.25. The zero-order valence-corrected chi connectivity index (χ0v) is 18.4. The van der Waals surface area contributed by atoms with Crippen molar-refractivity contribution in [2.24, 2.45) is 5.92 Å². The molecule has 1 fully saturated rings. The lowest BCUT2D eigenvalue weighted by atomic mass is 9.87. The lowest BCUT2D eigenvalue weighted by Gasteiger charge is -2.26. The van der Waals surface area contributed by atoms with Crippen molar-refractivity contribution < 1.29 is 14.3 Å². The van der Waals surface area contributed by atoms with Gasteiger partial charge in [0.2, 0.25) is 0 Å². The van der Waals surface area contributed by atoms with Crippen LogP contribution in [0.15, 0.2) is 30.5 Å². The van der Waals surface area contributed by atoms with Gasteiger partial charge in [-0.25, -0.2) is 9.37 Å². The maximum absolute atomic E-state index is 13.5. The quantitative estimate of drug-likeness (QED) is 0.610. The molecule has 2 heterocycles. The summed E-state index contributed by atoms with van der Waals surface area (Å²) in [6, 6.07) is 6.62. The van der Waals surface area contributed by atoms with Gasteiger partial charge in [-0.1, -0.05) is 6.92 Å². The first-order valence-electron chi connectivity index (χ1n) is 10.8. The molecule has 2 aromatic heterocycles. The Kier molecular flexibility index (Phi) is 5.56. The topological polar surface area (TPSA) is 80.0 Å². The molecule has 1 aliphatic rings. The first-order chi connectivity index (χ1) is 14.6. The van der Waals surface area contributed by atoms with Crippen LogP contribution >= 0.6 is 0 Å². The molecule has 0 spiro atoms. The molecule has 7 heteroatoms. The van der Waals surface area contributed by atoms with Gasteiger partial charge < -0.3 is 10.4 Å². The molecule has 4 rings (SSSR count). The monoisotopic (exact) mass is 424 g/mol. The van der Waals surface area contributed by atoms with E-state index in [0.29, 0.717) is 17.3 Å². The highest BCUT2D eigenvalue weighted by atomic mass is 19.1. The molecule has 3 aromatic rings. The van der Waals surface area contributed by atoms with Crippen molar-refractivity contribution in [1.29, 1.82) is 0 Å². The SMILES string of the molecule is Cc1nc(C(=O)Nc2cc3cn([C@H]4CC[C@H](C)CC4)nc3cc2C(C)(C)O)ccc1F. The van der Waals surface area contributed by atoms with Crippen LogP contribution in [0.5, 0.6) is 0 Å². The van der Waals surface area contributed by atoms with Crippen LogP contribution in [-0.2, 0) is 5.60 Å². The van der Waals surface area contributed by atoms with E-state index in [1.54, 1.807) is 13.8 Å². The Morgan fingerprint density at radius 1 is 1.23 bits per heavy atom. The number of amides is 1. The molecule has 2 N–H and O–H groups in total. The van der Waals surface area contributed by atoms with Crippen molar-refractivity contribution in [3.63, 3.8) is 0 Å². The van der Waals surface area contributed by atoms with Crippen molar-refractivity contribution in [3.8, 4) is 0 Å². The summed E-state index contributed by atoms with van der Waals surface area (Å²) < 4.78 is 15.6. The van der Waals surface area contributed by atoms with E-state index in [1.165, 1.54) is 31.9 Å². The molecule has 6 nitrogen and oxygen atoms in total. The summed E-state index contributed by atoms with van der Waals surface area (Å²) in [7, 11) is 0. The molecule has 1 aliphatic carbocycles. The number of anilines is 1. The van der Waals surface area contributed by atoms with Crippen molar-refractivity contribution in [2.75, 3.05) is 5.32 Å². The van der Waals surface area contributed by atoms with E-state index in [1.807, 2.05) is 23.0 Å². The van der Waals surface area contributed by atoms with Gasteiger partial charge in [0.25, 0.3) is 5.91 Å². The van der Waals surface area contributed by atoms with E-state index in [0.717, 1.165) is 29.7 Å². The number of aliphatic hydroxyl groups is 1. The van der Waals surface area contributed by atoms with Crippen LogP contribution in [0.2, 0.25) is 0 Å². The second-order valence-electron chi connectivity index (χ2n) is 9.26. The molecule has 0 radical (unpaired) electrons. The van der Waals surface area contributed by atoms with E-state index >= 15 is 0 Å². The van der Waals surface area contributed by atoms with Crippen LogP contribution in [0.4, 0.5) is 10.1 Å². The van der Waals surface area contributed by atoms with Gasteiger partial charge in [-0.15, -0.1) is 0 Å². The highest BCUT2D eigenvalue weighted by Gasteiger charge is 2.25. The predicted molar refractivity (Wildman–Crippen MR) is 119 cm³/mol. The van der Waals surface area contributed by atoms with Crippen LogP contribution in [0.1, 0.15) is 74.2 Å². The molecule has 31 heavy (non-hydrogen) atoms. The largest absolute Gasteiger partial charge is 0.386 e. The van der Waals surface area contributed by atoms with Gasteiger partial charge in [0.1, 0.15) is 11.5 Å². The lowest BCUT2D eigenvalue weighted by molar-refractivity contribution is 0.0793. The zero-order valence-electron chi connectivity index (χ0n) is 18.4. The van der Waals surface area contributed by atoms with E-state index in [9.17, 15) is 14.3 Å². The maximum atomic E-state index is 13.5.